The van der Waals surface area contributed by atoms with Gasteiger partial charge in [0.25, 0.3) is 0 Å². The molecule has 4 bridgehead atoms. The molecule has 20 heavy (non-hydrogen) atoms. The van der Waals surface area contributed by atoms with E-state index in [4.69, 9.17) is 9.47 Å². The van der Waals surface area contributed by atoms with Gasteiger partial charge in [-0.05, 0) is 35.8 Å². The Labute approximate surface area is 117 Å². The van der Waals surface area contributed by atoms with Crippen LogP contribution >= 0.6 is 0 Å². The SMILES string of the molecule is c1cc2ncc1C1CCC1c1ccc(nc1)OCCO2. The fourth-order valence-corrected chi connectivity index (χ4v) is 2.98. The largest absolute Gasteiger partial charge is 0.474 e. The zero-order valence-electron chi connectivity index (χ0n) is 11.2. The Hall–Kier alpha value is -2.10. The van der Waals surface area contributed by atoms with Gasteiger partial charge >= 0.3 is 0 Å². The van der Waals surface area contributed by atoms with Crippen molar-refractivity contribution in [2.24, 2.45) is 0 Å². The van der Waals surface area contributed by atoms with Gasteiger partial charge in [0.1, 0.15) is 13.2 Å². The van der Waals surface area contributed by atoms with Gasteiger partial charge in [0.05, 0.1) is 0 Å². The lowest BCUT2D eigenvalue weighted by molar-refractivity contribution is 0.206. The van der Waals surface area contributed by atoms with Gasteiger partial charge in [0.2, 0.25) is 11.8 Å². The summed E-state index contributed by atoms with van der Waals surface area (Å²) in [5.74, 6) is 2.42. The summed E-state index contributed by atoms with van der Waals surface area (Å²) < 4.78 is 11.1. The van der Waals surface area contributed by atoms with Crippen LogP contribution in [0, 0.1) is 0 Å². The molecular weight excluding hydrogens is 252 g/mol. The van der Waals surface area contributed by atoms with Crippen molar-refractivity contribution in [3.8, 4) is 11.8 Å². The average Bonchev–Trinajstić information content (AvgIpc) is 2.45. The third-order valence-corrected chi connectivity index (χ3v) is 4.23. The van der Waals surface area contributed by atoms with Crippen LogP contribution in [0.4, 0.5) is 0 Å². The van der Waals surface area contributed by atoms with Crippen molar-refractivity contribution < 1.29 is 9.47 Å². The quantitative estimate of drug-likeness (QED) is 0.737. The van der Waals surface area contributed by atoms with Crippen molar-refractivity contribution in [1.29, 1.82) is 0 Å². The highest BCUT2D eigenvalue weighted by Crippen LogP contribution is 2.48. The molecule has 2 atom stereocenters. The second-order valence-electron chi connectivity index (χ2n) is 5.35. The average molecular weight is 268 g/mol. The molecule has 102 valence electrons. The summed E-state index contributed by atoms with van der Waals surface area (Å²) in [5, 5.41) is 0. The standard InChI is InChI=1S/C16H16N2O2/c1-5-15-17-9-11(1)13-3-4-14(13)12-2-6-16(18-10-12)20-8-7-19-15/h1-2,5-6,9-10,13-14H,3-4,7-8H2. The second kappa shape index (κ2) is 4.78. The number of aromatic nitrogens is 2. The second-order valence-corrected chi connectivity index (χ2v) is 5.35. The van der Waals surface area contributed by atoms with E-state index < -0.39 is 0 Å². The number of hydrogen-bond acceptors (Lipinski definition) is 4. The Morgan fingerprint density at radius 3 is 1.60 bits per heavy atom. The van der Waals surface area contributed by atoms with Crippen molar-refractivity contribution in [3.63, 3.8) is 0 Å². The smallest absolute Gasteiger partial charge is 0.213 e. The van der Waals surface area contributed by atoms with Gasteiger partial charge in [0.15, 0.2) is 0 Å². The van der Waals surface area contributed by atoms with Crippen LogP contribution in [-0.2, 0) is 0 Å². The summed E-state index contributed by atoms with van der Waals surface area (Å²) in [7, 11) is 0. The number of nitrogens with zero attached hydrogens (tertiary/aromatic N) is 2. The van der Waals surface area contributed by atoms with Gasteiger partial charge in [-0.1, -0.05) is 12.1 Å². The minimum absolute atomic E-state index is 0.474. The minimum atomic E-state index is 0.474. The Kier molecular flexibility index (Phi) is 2.80. The van der Waals surface area contributed by atoms with Crippen molar-refractivity contribution in [2.75, 3.05) is 13.2 Å². The zero-order chi connectivity index (χ0) is 13.4. The van der Waals surface area contributed by atoms with Crippen LogP contribution in [0.3, 0.4) is 0 Å². The van der Waals surface area contributed by atoms with E-state index in [0.717, 1.165) is 0 Å². The molecule has 1 aliphatic carbocycles. The normalized spacial score (nSPS) is 24.0. The highest BCUT2D eigenvalue weighted by molar-refractivity contribution is 5.32. The third-order valence-electron chi connectivity index (χ3n) is 4.23. The van der Waals surface area contributed by atoms with Crippen LogP contribution in [0.15, 0.2) is 36.7 Å². The molecule has 2 aromatic rings. The molecule has 0 aromatic carbocycles. The van der Waals surface area contributed by atoms with Crippen molar-refractivity contribution >= 4 is 0 Å². The molecule has 4 nitrogen and oxygen atoms in total. The lowest BCUT2D eigenvalue weighted by Crippen LogP contribution is -2.22. The summed E-state index contributed by atoms with van der Waals surface area (Å²) >= 11 is 0. The molecule has 1 saturated carbocycles. The van der Waals surface area contributed by atoms with E-state index in [1.165, 1.54) is 24.0 Å². The summed E-state index contributed by atoms with van der Waals surface area (Å²) in [6.45, 7) is 0.948. The minimum Gasteiger partial charge on any atom is -0.474 e. The predicted octanol–water partition coefficient (Wildman–Crippen LogP) is 2.91. The molecule has 0 N–H and O–H groups in total. The molecular formula is C16H16N2O2. The van der Waals surface area contributed by atoms with E-state index in [2.05, 4.69) is 22.1 Å². The predicted molar refractivity (Wildman–Crippen MR) is 74.2 cm³/mol. The topological polar surface area (TPSA) is 44.2 Å². The number of hydrogen-bond donors (Lipinski definition) is 0. The molecule has 0 amide bonds. The van der Waals surface area contributed by atoms with Gasteiger partial charge in [-0.2, -0.15) is 0 Å². The van der Waals surface area contributed by atoms with Crippen LogP contribution in [0.2, 0.25) is 0 Å². The fourth-order valence-electron chi connectivity index (χ4n) is 2.98. The maximum Gasteiger partial charge on any atom is 0.213 e. The third kappa shape index (κ3) is 2.01. The van der Waals surface area contributed by atoms with Crippen LogP contribution in [0.5, 0.6) is 11.8 Å². The molecule has 2 unspecified atom stereocenters. The molecule has 5 aliphatic rings. The Balaban J connectivity index is 1.71. The highest BCUT2D eigenvalue weighted by atomic mass is 16.5. The van der Waals surface area contributed by atoms with E-state index in [0.29, 0.717) is 36.8 Å². The summed E-state index contributed by atoms with van der Waals surface area (Å²) in [6, 6.07) is 8.17. The van der Waals surface area contributed by atoms with E-state index in [1.54, 1.807) is 0 Å². The van der Waals surface area contributed by atoms with E-state index >= 15 is 0 Å². The first-order chi connectivity index (χ1) is 9.90. The Morgan fingerprint density at radius 1 is 0.750 bits per heavy atom. The van der Waals surface area contributed by atoms with Crippen molar-refractivity contribution in [1.82, 2.24) is 9.97 Å². The number of pyridine rings is 2. The molecule has 4 aliphatic heterocycles. The lowest BCUT2D eigenvalue weighted by atomic mass is 9.67. The lowest BCUT2D eigenvalue weighted by Gasteiger charge is -2.37. The molecule has 0 radical (unpaired) electrons. The first-order valence-corrected chi connectivity index (χ1v) is 7.08. The van der Waals surface area contributed by atoms with Crippen LogP contribution in [0.25, 0.3) is 0 Å². The van der Waals surface area contributed by atoms with Gasteiger partial charge < -0.3 is 9.47 Å². The monoisotopic (exact) mass is 268 g/mol. The molecule has 6 heterocycles. The zero-order valence-corrected chi connectivity index (χ0v) is 11.2. The van der Waals surface area contributed by atoms with Crippen LogP contribution in [0.1, 0.15) is 35.8 Å². The fraction of sp³-hybridized carbons (Fsp3) is 0.375. The van der Waals surface area contributed by atoms with Gasteiger partial charge in [-0.15, -0.1) is 0 Å². The number of rotatable bonds is 0. The van der Waals surface area contributed by atoms with E-state index in [1.807, 2.05) is 24.5 Å². The molecule has 0 spiro atoms. The van der Waals surface area contributed by atoms with E-state index in [9.17, 15) is 0 Å². The molecule has 4 heteroatoms. The number of ether oxygens (including phenoxy) is 2. The van der Waals surface area contributed by atoms with Crippen LogP contribution < -0.4 is 9.47 Å². The van der Waals surface area contributed by atoms with Gasteiger partial charge in [0, 0.05) is 24.5 Å². The summed E-state index contributed by atoms with van der Waals surface area (Å²) in [6.07, 6.45) is 6.32. The first-order valence-electron chi connectivity index (χ1n) is 7.08. The summed E-state index contributed by atoms with van der Waals surface area (Å²) in [5.41, 5.74) is 2.59. The highest BCUT2D eigenvalue weighted by Gasteiger charge is 2.33. The first kappa shape index (κ1) is 11.7. The van der Waals surface area contributed by atoms with Crippen molar-refractivity contribution in [2.45, 2.75) is 24.7 Å². The Bertz CT molecular complexity index is 539. The molecule has 0 saturated heterocycles. The molecule has 7 rings (SSSR count). The molecule has 1 fully saturated rings. The maximum atomic E-state index is 5.56. The van der Waals surface area contributed by atoms with Gasteiger partial charge in [-0.3, -0.25) is 0 Å². The maximum absolute atomic E-state index is 5.56. The Morgan fingerprint density at radius 2 is 1.25 bits per heavy atom. The van der Waals surface area contributed by atoms with E-state index in [-0.39, 0.29) is 0 Å². The molecule has 2 aromatic heterocycles. The summed E-state index contributed by atoms with van der Waals surface area (Å²) in [4.78, 5) is 8.77. The van der Waals surface area contributed by atoms with Crippen molar-refractivity contribution in [3.05, 3.63) is 47.8 Å². The van der Waals surface area contributed by atoms with Crippen LogP contribution in [-0.4, -0.2) is 23.2 Å². The van der Waals surface area contributed by atoms with Gasteiger partial charge in [-0.25, -0.2) is 9.97 Å².